The van der Waals surface area contributed by atoms with Gasteiger partial charge in [-0.25, -0.2) is 0 Å². The predicted molar refractivity (Wildman–Crippen MR) is 46.1 cm³/mol. The van der Waals surface area contributed by atoms with Crippen molar-refractivity contribution in [2.24, 2.45) is 0 Å². The molecule has 9 heavy (non-hydrogen) atoms. The second-order valence-corrected chi connectivity index (χ2v) is 2.39. The van der Waals surface area contributed by atoms with Gasteiger partial charge < -0.3 is 10.1 Å². The Hall–Kier alpha value is 0.200. The summed E-state index contributed by atoms with van der Waals surface area (Å²) in [7, 11) is 0. The molecule has 0 rings (SSSR count). The molecule has 0 saturated heterocycles. The Bertz CT molecular complexity index is 87.0. The van der Waals surface area contributed by atoms with Crippen LogP contribution in [0.5, 0.6) is 0 Å². The summed E-state index contributed by atoms with van der Waals surface area (Å²) in [6.07, 6.45) is 0. The van der Waals surface area contributed by atoms with E-state index >= 15 is 0 Å². The van der Waals surface area contributed by atoms with E-state index in [0.29, 0.717) is 17.5 Å². The maximum Gasteiger partial charge on any atom is 0.156 e. The zero-order chi connectivity index (χ0) is 7.11. The first-order chi connectivity index (χ1) is 4.27. The Morgan fingerprint density at radius 1 is 1.78 bits per heavy atom. The minimum Gasteiger partial charge on any atom is -0.486 e. The molecule has 0 aromatic rings. The molecule has 0 aromatic heterocycles. The highest BCUT2D eigenvalue weighted by molar-refractivity contribution is 7.80. The highest BCUT2D eigenvalue weighted by atomic mass is 32.1. The van der Waals surface area contributed by atoms with Gasteiger partial charge in [0.2, 0.25) is 0 Å². The Morgan fingerprint density at radius 3 is 2.89 bits per heavy atom. The molecule has 0 aromatic carbocycles. The fraction of sp³-hybridized carbons (Fsp3) is 0.800. The van der Waals surface area contributed by atoms with Gasteiger partial charge in [-0.15, -0.1) is 0 Å². The number of ether oxygens (including phenoxy) is 1. The van der Waals surface area contributed by atoms with Crippen LogP contribution in [0.25, 0.3) is 0 Å². The molecule has 0 aliphatic rings. The van der Waals surface area contributed by atoms with Crippen LogP contribution in [-0.2, 0) is 4.74 Å². The van der Waals surface area contributed by atoms with E-state index in [1.54, 1.807) is 6.92 Å². The van der Waals surface area contributed by atoms with Crippen molar-refractivity contribution in [3.05, 3.63) is 0 Å². The van der Waals surface area contributed by atoms with Gasteiger partial charge >= 0.3 is 0 Å². The van der Waals surface area contributed by atoms with Crippen molar-refractivity contribution in [1.82, 2.24) is 5.32 Å². The van der Waals surface area contributed by atoms with Crippen LogP contribution in [0.2, 0.25) is 0 Å². The third kappa shape index (κ3) is 8.20. The average molecular weight is 165 g/mol. The van der Waals surface area contributed by atoms with Gasteiger partial charge in [0.1, 0.15) is 6.61 Å². The van der Waals surface area contributed by atoms with E-state index in [1.165, 1.54) is 0 Å². The van der Waals surface area contributed by atoms with Crippen LogP contribution < -0.4 is 5.32 Å². The average Bonchev–Trinajstić information content (AvgIpc) is 1.80. The standard InChI is InChI=1S/C5H11NOS2/c1-5(9)7-3-2-6-4-8/h6,8H,2-4H2,1H3. The number of nitrogens with one attached hydrogen (secondary N) is 1. The molecule has 0 bridgehead atoms. The normalized spacial score (nSPS) is 9.11. The van der Waals surface area contributed by atoms with E-state index in [0.717, 1.165) is 6.54 Å². The van der Waals surface area contributed by atoms with Gasteiger partial charge in [-0.05, 0) is 12.2 Å². The lowest BCUT2D eigenvalue weighted by molar-refractivity contribution is 0.311. The van der Waals surface area contributed by atoms with Gasteiger partial charge in [0.05, 0.1) is 0 Å². The third-order valence-corrected chi connectivity index (χ3v) is 1.04. The van der Waals surface area contributed by atoms with Crippen molar-refractivity contribution in [2.45, 2.75) is 6.92 Å². The van der Waals surface area contributed by atoms with Gasteiger partial charge in [0.25, 0.3) is 0 Å². The number of thiol groups is 1. The van der Waals surface area contributed by atoms with Crippen LogP contribution in [0.15, 0.2) is 0 Å². The van der Waals surface area contributed by atoms with Crippen LogP contribution >= 0.6 is 24.8 Å². The molecule has 1 N–H and O–H groups in total. The first-order valence-corrected chi connectivity index (χ1v) is 3.76. The Kier molecular flexibility index (Phi) is 6.46. The Balaban J connectivity index is 2.83. The molecule has 4 heteroatoms. The largest absolute Gasteiger partial charge is 0.486 e. The van der Waals surface area contributed by atoms with Crippen LogP contribution in [0.4, 0.5) is 0 Å². The zero-order valence-electron chi connectivity index (χ0n) is 5.39. The van der Waals surface area contributed by atoms with Gasteiger partial charge in [0.15, 0.2) is 5.05 Å². The summed E-state index contributed by atoms with van der Waals surface area (Å²) in [5.41, 5.74) is 0. The SMILES string of the molecule is CC(=S)OCCNCS. The fourth-order valence-corrected chi connectivity index (χ4v) is 0.587. The van der Waals surface area contributed by atoms with Crippen molar-refractivity contribution in [3.63, 3.8) is 0 Å². The molecule has 54 valence electrons. The Labute approximate surface area is 66.4 Å². The summed E-state index contributed by atoms with van der Waals surface area (Å²) >= 11 is 8.62. The molecule has 0 amide bonds. The summed E-state index contributed by atoms with van der Waals surface area (Å²) in [6, 6.07) is 0. The molecule has 0 aliphatic carbocycles. The zero-order valence-corrected chi connectivity index (χ0v) is 7.10. The van der Waals surface area contributed by atoms with Crippen LogP contribution in [0.3, 0.4) is 0 Å². The highest BCUT2D eigenvalue weighted by Gasteiger charge is 1.85. The van der Waals surface area contributed by atoms with E-state index < -0.39 is 0 Å². The van der Waals surface area contributed by atoms with E-state index in [2.05, 4.69) is 30.2 Å². The van der Waals surface area contributed by atoms with Crippen LogP contribution in [0, 0.1) is 0 Å². The van der Waals surface area contributed by atoms with Crippen molar-refractivity contribution in [1.29, 1.82) is 0 Å². The van der Waals surface area contributed by atoms with Crippen LogP contribution in [0.1, 0.15) is 6.92 Å². The summed E-state index contributed by atoms with van der Waals surface area (Å²) in [5, 5.41) is 3.58. The molecule has 0 atom stereocenters. The smallest absolute Gasteiger partial charge is 0.156 e. The topological polar surface area (TPSA) is 21.3 Å². The highest BCUT2D eigenvalue weighted by Crippen LogP contribution is 1.77. The van der Waals surface area contributed by atoms with E-state index in [1.807, 2.05) is 0 Å². The minimum atomic E-state index is 0.593. The third-order valence-electron chi connectivity index (χ3n) is 0.696. The molecule has 0 saturated carbocycles. The van der Waals surface area contributed by atoms with E-state index in [9.17, 15) is 0 Å². The maximum absolute atomic E-state index is 4.98. The molecule has 0 radical (unpaired) electrons. The van der Waals surface area contributed by atoms with Gasteiger partial charge in [-0.3, -0.25) is 0 Å². The molecule has 2 nitrogen and oxygen atoms in total. The lowest BCUT2D eigenvalue weighted by atomic mass is 10.7. The van der Waals surface area contributed by atoms with Gasteiger partial charge in [-0.2, -0.15) is 12.6 Å². The van der Waals surface area contributed by atoms with Gasteiger partial charge in [0, 0.05) is 19.3 Å². The van der Waals surface area contributed by atoms with E-state index in [-0.39, 0.29) is 0 Å². The first-order valence-electron chi connectivity index (χ1n) is 2.72. The number of thiocarbonyl (C=S) groups is 1. The molecular weight excluding hydrogens is 154 g/mol. The van der Waals surface area contributed by atoms with E-state index in [4.69, 9.17) is 4.74 Å². The fourth-order valence-electron chi connectivity index (χ4n) is 0.346. The van der Waals surface area contributed by atoms with Crippen molar-refractivity contribution < 1.29 is 4.74 Å². The number of rotatable bonds is 4. The number of hydrogen-bond acceptors (Lipinski definition) is 4. The predicted octanol–water partition coefficient (Wildman–Crippen LogP) is 0.827. The van der Waals surface area contributed by atoms with Crippen molar-refractivity contribution in [2.75, 3.05) is 19.0 Å². The molecule has 0 heterocycles. The monoisotopic (exact) mass is 165 g/mol. The molecular formula is C5H11NOS2. The number of hydrogen-bond donors (Lipinski definition) is 2. The summed E-state index contributed by atoms with van der Waals surface area (Å²) in [6.45, 7) is 3.20. The molecule has 0 unspecified atom stereocenters. The Morgan fingerprint density at radius 2 is 2.44 bits per heavy atom. The quantitative estimate of drug-likeness (QED) is 0.279. The second kappa shape index (κ2) is 6.32. The molecule has 0 spiro atoms. The van der Waals surface area contributed by atoms with Crippen LogP contribution in [-0.4, -0.2) is 24.1 Å². The molecule has 0 aliphatic heterocycles. The first kappa shape index (κ1) is 9.20. The molecule has 0 fully saturated rings. The summed E-state index contributed by atoms with van der Waals surface area (Å²) in [4.78, 5) is 0. The van der Waals surface area contributed by atoms with Gasteiger partial charge in [-0.1, -0.05) is 0 Å². The minimum absolute atomic E-state index is 0.593. The maximum atomic E-state index is 4.98. The lowest BCUT2D eigenvalue weighted by Gasteiger charge is -2.02. The second-order valence-electron chi connectivity index (χ2n) is 1.50. The summed E-state index contributed by atoms with van der Waals surface area (Å²) in [5.74, 6) is 0.680. The van der Waals surface area contributed by atoms with Crippen molar-refractivity contribution in [3.8, 4) is 0 Å². The van der Waals surface area contributed by atoms with Crippen molar-refractivity contribution >= 4 is 29.9 Å². The summed E-state index contributed by atoms with van der Waals surface area (Å²) < 4.78 is 4.98. The lowest BCUT2D eigenvalue weighted by Crippen LogP contribution is -2.18.